The Bertz CT molecular complexity index is 1020. The number of nitrogens with one attached hydrogen (secondary N) is 2. The number of para-hydroxylation sites is 1. The summed E-state index contributed by atoms with van der Waals surface area (Å²) in [7, 11) is 3.93. The van der Waals surface area contributed by atoms with E-state index in [1.807, 2.05) is 73.6 Å². The zero-order valence-electron chi connectivity index (χ0n) is 18.5. The fraction of sp³-hybridized carbons (Fsp3) is 0.231. The number of rotatable bonds is 10. The smallest absolute Gasteiger partial charge is 0.259 e. The molecule has 0 heterocycles. The number of ether oxygens (including phenoxy) is 1. The summed E-state index contributed by atoms with van der Waals surface area (Å²) in [5.41, 5.74) is 3.04. The summed E-state index contributed by atoms with van der Waals surface area (Å²) in [6.07, 6.45) is 0.303. The van der Waals surface area contributed by atoms with Gasteiger partial charge in [0.15, 0.2) is 0 Å². The second kappa shape index (κ2) is 11.7. The Labute approximate surface area is 189 Å². The Morgan fingerprint density at radius 1 is 0.844 bits per heavy atom. The first kappa shape index (κ1) is 23.0. The van der Waals surface area contributed by atoms with Crippen LogP contribution in [-0.2, 0) is 17.8 Å². The number of hydrogen-bond acceptors (Lipinski definition) is 4. The van der Waals surface area contributed by atoms with Crippen LogP contribution in [-0.4, -0.2) is 43.9 Å². The molecule has 32 heavy (non-hydrogen) atoms. The first-order valence-electron chi connectivity index (χ1n) is 10.6. The van der Waals surface area contributed by atoms with Crippen molar-refractivity contribution in [3.63, 3.8) is 0 Å². The van der Waals surface area contributed by atoms with Crippen molar-refractivity contribution in [2.24, 2.45) is 0 Å². The molecule has 0 aliphatic heterocycles. The first-order valence-corrected chi connectivity index (χ1v) is 10.6. The minimum Gasteiger partial charge on any atom is -0.488 e. The Kier molecular flexibility index (Phi) is 8.40. The van der Waals surface area contributed by atoms with Gasteiger partial charge < -0.3 is 20.3 Å². The summed E-state index contributed by atoms with van der Waals surface area (Å²) >= 11 is 0. The van der Waals surface area contributed by atoms with E-state index in [0.29, 0.717) is 36.6 Å². The predicted octanol–water partition coefficient (Wildman–Crippen LogP) is 3.74. The Balaban J connectivity index is 1.56. The molecule has 0 spiro atoms. The summed E-state index contributed by atoms with van der Waals surface area (Å²) in [5, 5.41) is 5.80. The molecule has 0 fully saturated rings. The van der Waals surface area contributed by atoms with Crippen molar-refractivity contribution >= 4 is 17.5 Å². The van der Waals surface area contributed by atoms with Crippen molar-refractivity contribution in [1.29, 1.82) is 0 Å². The molecular weight excluding hydrogens is 402 g/mol. The van der Waals surface area contributed by atoms with Gasteiger partial charge >= 0.3 is 0 Å². The number of nitrogens with zero attached hydrogens (tertiary/aromatic N) is 1. The Morgan fingerprint density at radius 3 is 2.25 bits per heavy atom. The van der Waals surface area contributed by atoms with E-state index in [1.54, 1.807) is 24.3 Å². The quantitative estimate of drug-likeness (QED) is 0.513. The normalized spacial score (nSPS) is 10.6. The molecule has 3 aromatic carbocycles. The number of amides is 2. The maximum absolute atomic E-state index is 12.8. The van der Waals surface area contributed by atoms with Crippen molar-refractivity contribution in [3.8, 4) is 5.75 Å². The third-order valence-corrected chi connectivity index (χ3v) is 4.83. The third kappa shape index (κ3) is 7.25. The minimum atomic E-state index is -0.247. The van der Waals surface area contributed by atoms with E-state index in [9.17, 15) is 9.59 Å². The molecule has 0 radical (unpaired) electrons. The van der Waals surface area contributed by atoms with E-state index in [2.05, 4.69) is 10.6 Å². The highest BCUT2D eigenvalue weighted by molar-refractivity contribution is 6.06. The molecule has 6 nitrogen and oxygen atoms in total. The van der Waals surface area contributed by atoms with Crippen LogP contribution < -0.4 is 15.4 Å². The van der Waals surface area contributed by atoms with E-state index >= 15 is 0 Å². The van der Waals surface area contributed by atoms with Crippen LogP contribution in [0.25, 0.3) is 0 Å². The highest BCUT2D eigenvalue weighted by Gasteiger charge is 2.13. The van der Waals surface area contributed by atoms with Crippen LogP contribution in [0.4, 0.5) is 5.69 Å². The van der Waals surface area contributed by atoms with Crippen molar-refractivity contribution in [3.05, 3.63) is 95.6 Å². The van der Waals surface area contributed by atoms with Gasteiger partial charge in [0.1, 0.15) is 12.4 Å². The minimum absolute atomic E-state index is 0.0203. The van der Waals surface area contributed by atoms with Gasteiger partial charge in [-0.2, -0.15) is 0 Å². The number of anilines is 1. The van der Waals surface area contributed by atoms with Gasteiger partial charge in [-0.25, -0.2) is 0 Å². The molecule has 3 aromatic rings. The summed E-state index contributed by atoms with van der Waals surface area (Å²) < 4.78 is 5.88. The highest BCUT2D eigenvalue weighted by atomic mass is 16.5. The summed E-state index contributed by atoms with van der Waals surface area (Å²) in [5.74, 6) is 0.260. The summed E-state index contributed by atoms with van der Waals surface area (Å²) in [6.45, 7) is 1.80. The molecule has 0 aliphatic carbocycles. The topological polar surface area (TPSA) is 70.7 Å². The van der Waals surface area contributed by atoms with E-state index in [0.717, 1.165) is 17.7 Å². The van der Waals surface area contributed by atoms with E-state index < -0.39 is 0 Å². The fourth-order valence-corrected chi connectivity index (χ4v) is 3.09. The van der Waals surface area contributed by atoms with E-state index in [-0.39, 0.29) is 11.8 Å². The first-order chi connectivity index (χ1) is 15.5. The lowest BCUT2D eigenvalue weighted by Gasteiger charge is -2.12. The van der Waals surface area contributed by atoms with Gasteiger partial charge in [-0.15, -0.1) is 0 Å². The number of benzene rings is 3. The molecule has 3 rings (SSSR count). The average Bonchev–Trinajstić information content (AvgIpc) is 2.79. The average molecular weight is 432 g/mol. The van der Waals surface area contributed by atoms with Gasteiger partial charge in [-0.05, 0) is 49.5 Å². The van der Waals surface area contributed by atoms with Gasteiger partial charge in [0.05, 0.1) is 12.0 Å². The van der Waals surface area contributed by atoms with Gasteiger partial charge in [0.2, 0.25) is 5.91 Å². The zero-order chi connectivity index (χ0) is 22.8. The largest absolute Gasteiger partial charge is 0.488 e. The SMILES string of the molecule is CN(C)CCNC(=O)Cc1ccc(NC(=O)c2ccccc2OCc2ccccc2)cc1. The van der Waals surface area contributed by atoms with E-state index in [1.165, 1.54) is 0 Å². The molecule has 2 amide bonds. The fourth-order valence-electron chi connectivity index (χ4n) is 3.09. The van der Waals surface area contributed by atoms with Crippen LogP contribution in [0.1, 0.15) is 21.5 Å². The third-order valence-electron chi connectivity index (χ3n) is 4.83. The Morgan fingerprint density at radius 2 is 1.53 bits per heavy atom. The van der Waals surface area contributed by atoms with Crippen LogP contribution >= 0.6 is 0 Å². The van der Waals surface area contributed by atoms with Crippen LogP contribution in [0.2, 0.25) is 0 Å². The van der Waals surface area contributed by atoms with Gasteiger partial charge in [0.25, 0.3) is 5.91 Å². The second-order valence-electron chi connectivity index (χ2n) is 7.75. The lowest BCUT2D eigenvalue weighted by molar-refractivity contribution is -0.120. The predicted molar refractivity (Wildman–Crippen MR) is 127 cm³/mol. The molecule has 166 valence electrons. The molecule has 0 bridgehead atoms. The van der Waals surface area contributed by atoms with Gasteiger partial charge in [0, 0.05) is 18.8 Å². The monoisotopic (exact) mass is 431 g/mol. The van der Waals surface area contributed by atoms with Crippen molar-refractivity contribution in [1.82, 2.24) is 10.2 Å². The van der Waals surface area contributed by atoms with E-state index in [4.69, 9.17) is 4.74 Å². The van der Waals surface area contributed by atoms with Crippen LogP contribution in [0.3, 0.4) is 0 Å². The number of likely N-dealkylation sites (N-methyl/N-ethyl adjacent to an activating group) is 1. The number of hydrogen-bond donors (Lipinski definition) is 2. The van der Waals surface area contributed by atoms with Crippen molar-refractivity contribution in [2.45, 2.75) is 13.0 Å². The molecule has 6 heteroatoms. The van der Waals surface area contributed by atoms with Crippen molar-refractivity contribution < 1.29 is 14.3 Å². The lowest BCUT2D eigenvalue weighted by Crippen LogP contribution is -2.32. The van der Waals surface area contributed by atoms with Gasteiger partial charge in [-0.1, -0.05) is 54.6 Å². The molecule has 0 saturated heterocycles. The molecule has 0 unspecified atom stereocenters. The van der Waals surface area contributed by atoms with Crippen LogP contribution in [0, 0.1) is 0 Å². The molecular formula is C26H29N3O3. The highest BCUT2D eigenvalue weighted by Crippen LogP contribution is 2.21. The van der Waals surface area contributed by atoms with Crippen LogP contribution in [0.5, 0.6) is 5.75 Å². The zero-order valence-corrected chi connectivity index (χ0v) is 18.5. The summed E-state index contributed by atoms with van der Waals surface area (Å²) in [6, 6.07) is 24.3. The maximum atomic E-state index is 12.8. The molecule has 0 saturated carbocycles. The van der Waals surface area contributed by atoms with Crippen molar-refractivity contribution in [2.75, 3.05) is 32.5 Å². The maximum Gasteiger partial charge on any atom is 0.259 e. The van der Waals surface area contributed by atoms with Gasteiger partial charge in [-0.3, -0.25) is 9.59 Å². The molecule has 2 N–H and O–H groups in total. The molecule has 0 aliphatic rings. The second-order valence-corrected chi connectivity index (χ2v) is 7.75. The summed E-state index contributed by atoms with van der Waals surface area (Å²) in [4.78, 5) is 26.9. The number of carbonyl (C=O) groups excluding carboxylic acids is 2. The number of carbonyl (C=O) groups is 2. The van der Waals surface area contributed by atoms with Crippen LogP contribution in [0.15, 0.2) is 78.9 Å². The standard InChI is InChI=1S/C26H29N3O3/c1-29(2)17-16-27-25(30)18-20-12-14-22(15-13-20)28-26(31)23-10-6-7-11-24(23)32-19-21-8-4-3-5-9-21/h3-15H,16-19H2,1-2H3,(H,27,30)(H,28,31). The Hall–Kier alpha value is -3.64. The lowest BCUT2D eigenvalue weighted by atomic mass is 10.1. The molecule has 0 atom stereocenters. The molecule has 0 aromatic heterocycles.